The molecule has 4 nitrogen and oxygen atoms in total. The number of unbranched alkanes of at least 4 members (excludes halogenated alkanes) is 28. The van der Waals surface area contributed by atoms with Crippen LogP contribution in [0.15, 0.2) is 0 Å². The fourth-order valence-corrected chi connectivity index (χ4v) is 7.02. The van der Waals surface area contributed by atoms with Gasteiger partial charge >= 0.3 is 11.9 Å². The molecule has 1 N–H and O–H groups in total. The summed E-state index contributed by atoms with van der Waals surface area (Å²) >= 11 is 0. The molecule has 0 fully saturated rings. The third kappa shape index (κ3) is 29.1. The van der Waals surface area contributed by atoms with Gasteiger partial charge in [0.05, 0.1) is 12.0 Å². The van der Waals surface area contributed by atoms with Gasteiger partial charge in [-0.2, -0.15) is 0 Å². The highest BCUT2D eigenvalue weighted by Crippen LogP contribution is 2.37. The molecule has 0 heterocycles. The number of ether oxygens (including phenoxy) is 1. The van der Waals surface area contributed by atoms with Gasteiger partial charge in [-0.25, -0.2) is 0 Å². The van der Waals surface area contributed by atoms with Crippen LogP contribution in [0.5, 0.6) is 0 Å². The van der Waals surface area contributed by atoms with E-state index in [9.17, 15) is 9.59 Å². The van der Waals surface area contributed by atoms with E-state index in [4.69, 9.17) is 9.84 Å². The first-order chi connectivity index (χ1) is 22.5. The predicted molar refractivity (Wildman–Crippen MR) is 200 cm³/mol. The molecule has 0 aliphatic carbocycles. The lowest BCUT2D eigenvalue weighted by Crippen LogP contribution is -2.33. The van der Waals surface area contributed by atoms with Crippen LogP contribution in [0.1, 0.15) is 245 Å². The molecule has 274 valence electrons. The van der Waals surface area contributed by atoms with Gasteiger partial charge in [0.2, 0.25) is 0 Å². The second-order valence-corrected chi connectivity index (χ2v) is 14.7. The van der Waals surface area contributed by atoms with Gasteiger partial charge in [0, 0.05) is 6.42 Å². The predicted octanol–water partition coefficient (Wildman–Crippen LogP) is 14.3. The fourth-order valence-electron chi connectivity index (χ4n) is 7.02. The topological polar surface area (TPSA) is 63.6 Å². The fraction of sp³-hybridized carbons (Fsp3) is 0.952. The van der Waals surface area contributed by atoms with Crippen molar-refractivity contribution in [3.8, 4) is 0 Å². The first kappa shape index (κ1) is 44.9. The van der Waals surface area contributed by atoms with E-state index >= 15 is 0 Å². The average Bonchev–Trinajstić information content (AvgIpc) is 3.05. The minimum Gasteiger partial charge on any atom is -0.481 e. The molecule has 0 aromatic carbocycles. The zero-order valence-corrected chi connectivity index (χ0v) is 31.6. The molecule has 0 amide bonds. The number of hydrogen-bond acceptors (Lipinski definition) is 3. The Hall–Kier alpha value is -1.06. The van der Waals surface area contributed by atoms with Gasteiger partial charge in [0.25, 0.3) is 0 Å². The van der Waals surface area contributed by atoms with Crippen LogP contribution in [-0.4, -0.2) is 23.7 Å². The summed E-state index contributed by atoms with van der Waals surface area (Å²) in [6.07, 6.45) is 43.0. The van der Waals surface area contributed by atoms with Crippen molar-refractivity contribution in [3.05, 3.63) is 0 Å². The van der Waals surface area contributed by atoms with Crippen molar-refractivity contribution in [2.75, 3.05) is 6.61 Å². The van der Waals surface area contributed by atoms with Crippen LogP contribution >= 0.6 is 0 Å². The Kier molecular flexibility index (Phi) is 34.4. The van der Waals surface area contributed by atoms with Crippen molar-refractivity contribution in [3.63, 3.8) is 0 Å². The summed E-state index contributed by atoms with van der Waals surface area (Å²) in [5, 5.41) is 8.69. The molecule has 0 aromatic heterocycles. The van der Waals surface area contributed by atoms with Crippen LogP contribution in [0.3, 0.4) is 0 Å². The van der Waals surface area contributed by atoms with Crippen molar-refractivity contribution in [1.29, 1.82) is 0 Å². The van der Waals surface area contributed by atoms with E-state index in [1.165, 1.54) is 173 Å². The van der Waals surface area contributed by atoms with E-state index in [2.05, 4.69) is 20.8 Å². The number of esters is 1. The Bertz CT molecular complexity index is 648. The van der Waals surface area contributed by atoms with E-state index in [0.717, 1.165) is 44.9 Å². The quantitative estimate of drug-likeness (QED) is 0.0533. The third-order valence-corrected chi connectivity index (χ3v) is 10.4. The smallest absolute Gasteiger partial charge is 0.312 e. The Labute approximate surface area is 288 Å². The normalized spacial score (nSPS) is 12.8. The second kappa shape index (κ2) is 35.3. The number of carbonyl (C=O) groups excluding carboxylic acids is 1. The lowest BCUT2D eigenvalue weighted by molar-refractivity contribution is -0.157. The Morgan fingerprint density at radius 3 is 1.07 bits per heavy atom. The van der Waals surface area contributed by atoms with Gasteiger partial charge in [0.1, 0.15) is 0 Å². The van der Waals surface area contributed by atoms with Crippen LogP contribution in [-0.2, 0) is 14.3 Å². The van der Waals surface area contributed by atoms with Gasteiger partial charge in [0.15, 0.2) is 0 Å². The Morgan fingerprint density at radius 1 is 0.435 bits per heavy atom. The molecule has 0 spiro atoms. The lowest BCUT2D eigenvalue weighted by Gasteiger charge is -2.31. The number of carbonyl (C=O) groups is 2. The molecule has 0 radical (unpaired) electrons. The zero-order valence-electron chi connectivity index (χ0n) is 31.6. The van der Waals surface area contributed by atoms with Gasteiger partial charge in [-0.1, -0.05) is 207 Å². The van der Waals surface area contributed by atoms with Crippen LogP contribution < -0.4 is 0 Å². The van der Waals surface area contributed by atoms with Crippen molar-refractivity contribution < 1.29 is 19.4 Å². The van der Waals surface area contributed by atoms with Crippen LogP contribution in [0.25, 0.3) is 0 Å². The molecular formula is C42H82O4. The highest BCUT2D eigenvalue weighted by molar-refractivity contribution is 5.76. The standard InChI is InChI=1S/C42H82O4/c1-4-7-9-11-12-13-14-21-24-27-30-33-37-42(6-3,41(45)46-39-35-10-8-5-2)38-34-31-28-25-22-19-17-15-16-18-20-23-26-29-32-36-40(43)44/h4-39H2,1-3H3,(H,43,44). The maximum absolute atomic E-state index is 13.4. The largest absolute Gasteiger partial charge is 0.481 e. The maximum atomic E-state index is 13.4. The minimum absolute atomic E-state index is 0.104. The third-order valence-electron chi connectivity index (χ3n) is 10.4. The van der Waals surface area contributed by atoms with Crippen molar-refractivity contribution in [2.24, 2.45) is 5.41 Å². The van der Waals surface area contributed by atoms with Crippen molar-refractivity contribution in [1.82, 2.24) is 0 Å². The first-order valence-electron chi connectivity index (χ1n) is 20.9. The van der Waals surface area contributed by atoms with Gasteiger partial charge in [-0.3, -0.25) is 9.59 Å². The van der Waals surface area contributed by atoms with Gasteiger partial charge < -0.3 is 9.84 Å². The number of rotatable bonds is 38. The molecule has 1 unspecified atom stereocenters. The van der Waals surface area contributed by atoms with Crippen LogP contribution in [0.4, 0.5) is 0 Å². The van der Waals surface area contributed by atoms with Crippen molar-refractivity contribution in [2.45, 2.75) is 245 Å². The molecule has 1 atom stereocenters. The summed E-state index contributed by atoms with van der Waals surface area (Å²) in [7, 11) is 0. The molecule has 0 saturated heterocycles. The highest BCUT2D eigenvalue weighted by Gasteiger charge is 2.37. The Balaban J connectivity index is 4.14. The summed E-state index contributed by atoms with van der Waals surface area (Å²) in [6, 6.07) is 0. The second-order valence-electron chi connectivity index (χ2n) is 14.7. The van der Waals surface area contributed by atoms with Crippen molar-refractivity contribution >= 4 is 11.9 Å². The average molecular weight is 651 g/mol. The van der Waals surface area contributed by atoms with E-state index in [0.29, 0.717) is 13.0 Å². The molecule has 4 heteroatoms. The molecule has 0 saturated carbocycles. The molecular weight excluding hydrogens is 568 g/mol. The molecule has 0 aromatic rings. The molecule has 46 heavy (non-hydrogen) atoms. The summed E-state index contributed by atoms with van der Waals surface area (Å²) < 4.78 is 5.93. The number of hydrogen-bond donors (Lipinski definition) is 1. The zero-order chi connectivity index (χ0) is 33.8. The number of aliphatic carboxylic acids is 1. The van der Waals surface area contributed by atoms with E-state index in [1.807, 2.05) is 0 Å². The first-order valence-corrected chi connectivity index (χ1v) is 20.9. The molecule has 0 aliphatic rings. The SMILES string of the molecule is CCCCCCCCCCCCCCC(CC)(CCCCCCCCCCCCCCCCCC(=O)O)C(=O)OCCCCCC. The maximum Gasteiger partial charge on any atom is 0.312 e. The summed E-state index contributed by atoms with van der Waals surface area (Å²) in [5.74, 6) is -0.558. The summed E-state index contributed by atoms with van der Waals surface area (Å²) in [6.45, 7) is 7.34. The summed E-state index contributed by atoms with van der Waals surface area (Å²) in [5.41, 5.74) is -0.262. The molecule has 0 rings (SSSR count). The summed E-state index contributed by atoms with van der Waals surface area (Å²) in [4.78, 5) is 24.0. The van der Waals surface area contributed by atoms with Crippen LogP contribution in [0, 0.1) is 5.41 Å². The van der Waals surface area contributed by atoms with E-state index in [-0.39, 0.29) is 11.4 Å². The van der Waals surface area contributed by atoms with Crippen LogP contribution in [0.2, 0.25) is 0 Å². The lowest BCUT2D eigenvalue weighted by atomic mass is 9.75. The van der Waals surface area contributed by atoms with Gasteiger partial charge in [-0.05, 0) is 32.1 Å². The minimum atomic E-state index is -0.663. The monoisotopic (exact) mass is 651 g/mol. The van der Waals surface area contributed by atoms with Gasteiger partial charge in [-0.15, -0.1) is 0 Å². The van der Waals surface area contributed by atoms with E-state index in [1.54, 1.807) is 0 Å². The number of carboxylic acids is 1. The number of carboxylic acid groups (broad SMARTS) is 1. The molecule has 0 bridgehead atoms. The van der Waals surface area contributed by atoms with E-state index < -0.39 is 5.97 Å². The molecule has 0 aliphatic heterocycles. The highest BCUT2D eigenvalue weighted by atomic mass is 16.5. The Morgan fingerprint density at radius 2 is 0.739 bits per heavy atom.